The number of H-pyrrole nitrogens is 1. The van der Waals surface area contributed by atoms with Crippen LogP contribution in [0.2, 0.25) is 0 Å². The van der Waals surface area contributed by atoms with Gasteiger partial charge in [0.15, 0.2) is 0 Å². The van der Waals surface area contributed by atoms with Crippen molar-refractivity contribution in [2.75, 3.05) is 5.73 Å². The van der Waals surface area contributed by atoms with Crippen molar-refractivity contribution in [1.29, 1.82) is 0 Å². The van der Waals surface area contributed by atoms with Crippen LogP contribution in [0.5, 0.6) is 0 Å². The van der Waals surface area contributed by atoms with Gasteiger partial charge in [-0.1, -0.05) is 0 Å². The molecule has 0 saturated heterocycles. The summed E-state index contributed by atoms with van der Waals surface area (Å²) in [4.78, 5) is 19.9. The standard InChI is InChI=1S/C18H18FN3O2/c1-18(2,3)24-17(23)15-13-7-11(19)4-5-14(13)22-16(15)10-6-12(20)9-21-8-10/h4-9,22H,20H2,1-3H3. The second kappa shape index (κ2) is 5.63. The van der Waals surface area contributed by atoms with Crippen molar-refractivity contribution in [2.24, 2.45) is 0 Å². The maximum Gasteiger partial charge on any atom is 0.341 e. The Kier molecular flexibility index (Phi) is 3.75. The van der Waals surface area contributed by atoms with Gasteiger partial charge in [-0.2, -0.15) is 0 Å². The highest BCUT2D eigenvalue weighted by molar-refractivity contribution is 6.10. The van der Waals surface area contributed by atoms with Gasteiger partial charge in [-0.3, -0.25) is 4.98 Å². The van der Waals surface area contributed by atoms with Crippen LogP contribution in [-0.2, 0) is 4.74 Å². The molecule has 0 aliphatic carbocycles. The van der Waals surface area contributed by atoms with Gasteiger partial charge in [-0.15, -0.1) is 0 Å². The molecule has 3 rings (SSSR count). The maximum atomic E-state index is 13.7. The molecule has 0 radical (unpaired) electrons. The summed E-state index contributed by atoms with van der Waals surface area (Å²) in [5.74, 6) is -0.958. The topological polar surface area (TPSA) is 81.0 Å². The minimum Gasteiger partial charge on any atom is -0.456 e. The minimum absolute atomic E-state index is 0.270. The SMILES string of the molecule is CC(C)(C)OC(=O)c1c(-c2cncc(N)c2)[nH]c2ccc(F)cc12. The number of carbonyl (C=O) groups is 1. The number of esters is 1. The molecule has 3 aromatic rings. The number of fused-ring (bicyclic) bond motifs is 1. The zero-order chi connectivity index (χ0) is 17.5. The van der Waals surface area contributed by atoms with Gasteiger partial charge in [0.25, 0.3) is 0 Å². The lowest BCUT2D eigenvalue weighted by Crippen LogP contribution is -2.24. The highest BCUT2D eigenvalue weighted by Crippen LogP contribution is 2.32. The summed E-state index contributed by atoms with van der Waals surface area (Å²) >= 11 is 0. The Hall–Kier alpha value is -2.89. The molecular weight excluding hydrogens is 309 g/mol. The van der Waals surface area contributed by atoms with Crippen LogP contribution in [0.1, 0.15) is 31.1 Å². The molecule has 0 atom stereocenters. The van der Waals surface area contributed by atoms with E-state index < -0.39 is 17.4 Å². The van der Waals surface area contributed by atoms with E-state index in [0.29, 0.717) is 27.8 Å². The number of hydrogen-bond donors (Lipinski definition) is 2. The number of nitrogens with zero attached hydrogens (tertiary/aromatic N) is 1. The van der Waals surface area contributed by atoms with Crippen molar-refractivity contribution in [3.8, 4) is 11.3 Å². The van der Waals surface area contributed by atoms with Gasteiger partial charge in [0, 0.05) is 28.9 Å². The van der Waals surface area contributed by atoms with Crippen LogP contribution in [0.4, 0.5) is 10.1 Å². The number of nitrogens with one attached hydrogen (secondary N) is 1. The third-order valence-electron chi connectivity index (χ3n) is 3.41. The van der Waals surface area contributed by atoms with Crippen molar-refractivity contribution in [3.63, 3.8) is 0 Å². The molecule has 0 spiro atoms. The predicted octanol–water partition coefficient (Wildman–Crippen LogP) is 3.91. The van der Waals surface area contributed by atoms with Crippen LogP contribution in [0.25, 0.3) is 22.2 Å². The number of nitrogens with two attached hydrogens (primary N) is 1. The van der Waals surface area contributed by atoms with E-state index in [0.717, 1.165) is 0 Å². The Balaban J connectivity index is 2.25. The Morgan fingerprint density at radius 1 is 1.25 bits per heavy atom. The third-order valence-corrected chi connectivity index (χ3v) is 3.41. The van der Waals surface area contributed by atoms with E-state index in [1.165, 1.54) is 18.3 Å². The van der Waals surface area contributed by atoms with Gasteiger partial charge >= 0.3 is 5.97 Å². The van der Waals surface area contributed by atoms with Gasteiger partial charge in [0.1, 0.15) is 11.4 Å². The number of anilines is 1. The Morgan fingerprint density at radius 3 is 2.67 bits per heavy atom. The zero-order valence-corrected chi connectivity index (χ0v) is 13.7. The van der Waals surface area contributed by atoms with E-state index in [-0.39, 0.29) is 5.56 Å². The van der Waals surface area contributed by atoms with E-state index >= 15 is 0 Å². The number of pyridine rings is 1. The van der Waals surface area contributed by atoms with Crippen LogP contribution >= 0.6 is 0 Å². The fourth-order valence-electron chi connectivity index (χ4n) is 2.52. The van der Waals surface area contributed by atoms with Gasteiger partial charge in [0.05, 0.1) is 16.9 Å². The van der Waals surface area contributed by atoms with Crippen molar-refractivity contribution >= 4 is 22.6 Å². The number of carbonyl (C=O) groups excluding carboxylic acids is 1. The van der Waals surface area contributed by atoms with Gasteiger partial charge < -0.3 is 15.5 Å². The average Bonchev–Trinajstić information content (AvgIpc) is 2.84. The molecule has 0 aliphatic rings. The number of halogens is 1. The normalized spacial score (nSPS) is 11.7. The molecule has 0 unspecified atom stereocenters. The van der Waals surface area contributed by atoms with Gasteiger partial charge in [-0.25, -0.2) is 9.18 Å². The van der Waals surface area contributed by atoms with Gasteiger partial charge in [0.2, 0.25) is 0 Å². The molecule has 0 amide bonds. The average molecular weight is 327 g/mol. The monoisotopic (exact) mass is 327 g/mol. The summed E-state index contributed by atoms with van der Waals surface area (Å²) in [6.45, 7) is 5.34. The number of aromatic amines is 1. The lowest BCUT2D eigenvalue weighted by Gasteiger charge is -2.19. The molecule has 0 aliphatic heterocycles. The summed E-state index contributed by atoms with van der Waals surface area (Å²) in [6, 6.07) is 5.93. The summed E-state index contributed by atoms with van der Waals surface area (Å²) in [5, 5.41) is 0.460. The number of hydrogen-bond acceptors (Lipinski definition) is 4. The van der Waals surface area contributed by atoms with E-state index in [4.69, 9.17) is 10.5 Å². The molecule has 124 valence electrons. The highest BCUT2D eigenvalue weighted by Gasteiger charge is 2.25. The van der Waals surface area contributed by atoms with E-state index in [2.05, 4.69) is 9.97 Å². The first-order valence-electron chi connectivity index (χ1n) is 7.50. The van der Waals surface area contributed by atoms with E-state index in [1.54, 1.807) is 39.1 Å². The first kappa shape index (κ1) is 16.0. The van der Waals surface area contributed by atoms with Crippen molar-refractivity contribution < 1.29 is 13.9 Å². The second-order valence-corrected chi connectivity index (χ2v) is 6.57. The number of ether oxygens (including phenoxy) is 1. The number of rotatable bonds is 2. The first-order chi connectivity index (χ1) is 11.2. The molecule has 1 aromatic carbocycles. The number of benzene rings is 1. The van der Waals surface area contributed by atoms with E-state index in [1.807, 2.05) is 0 Å². The summed E-state index contributed by atoms with van der Waals surface area (Å²) in [7, 11) is 0. The summed E-state index contributed by atoms with van der Waals surface area (Å²) in [5.41, 5.74) is 7.63. The lowest BCUT2D eigenvalue weighted by atomic mass is 10.1. The van der Waals surface area contributed by atoms with E-state index in [9.17, 15) is 9.18 Å². The summed E-state index contributed by atoms with van der Waals surface area (Å²) in [6.07, 6.45) is 3.10. The van der Waals surface area contributed by atoms with Crippen molar-refractivity contribution in [2.45, 2.75) is 26.4 Å². The first-order valence-corrected chi connectivity index (χ1v) is 7.50. The molecule has 0 saturated carbocycles. The second-order valence-electron chi connectivity index (χ2n) is 6.57. The van der Waals surface area contributed by atoms with Crippen LogP contribution in [0.3, 0.4) is 0 Å². The fraction of sp³-hybridized carbons (Fsp3) is 0.222. The largest absolute Gasteiger partial charge is 0.456 e. The Bertz CT molecular complexity index is 926. The third kappa shape index (κ3) is 3.08. The van der Waals surface area contributed by atoms with Gasteiger partial charge in [-0.05, 0) is 45.0 Å². The van der Waals surface area contributed by atoms with Crippen molar-refractivity contribution in [3.05, 3.63) is 48.0 Å². The van der Waals surface area contributed by atoms with Crippen molar-refractivity contribution in [1.82, 2.24) is 9.97 Å². The minimum atomic E-state index is -0.667. The molecular formula is C18H18FN3O2. The Labute approximate surface area is 138 Å². The molecule has 3 N–H and O–H groups in total. The predicted molar refractivity (Wildman–Crippen MR) is 91.1 cm³/mol. The molecule has 0 fully saturated rings. The van der Waals surface area contributed by atoms with Crippen LogP contribution in [-0.4, -0.2) is 21.5 Å². The van der Waals surface area contributed by atoms with Crippen LogP contribution in [0, 0.1) is 5.82 Å². The molecule has 0 bridgehead atoms. The van der Waals surface area contributed by atoms with Crippen LogP contribution in [0.15, 0.2) is 36.7 Å². The molecule has 24 heavy (non-hydrogen) atoms. The number of aromatic nitrogens is 2. The smallest absolute Gasteiger partial charge is 0.341 e. The Morgan fingerprint density at radius 2 is 2.00 bits per heavy atom. The summed E-state index contributed by atoms with van der Waals surface area (Å²) < 4.78 is 19.2. The zero-order valence-electron chi connectivity index (χ0n) is 13.7. The van der Waals surface area contributed by atoms with Crippen LogP contribution < -0.4 is 5.73 Å². The fourth-order valence-corrected chi connectivity index (χ4v) is 2.52. The molecule has 6 heteroatoms. The lowest BCUT2D eigenvalue weighted by molar-refractivity contribution is 0.00728. The molecule has 2 aromatic heterocycles. The highest BCUT2D eigenvalue weighted by atomic mass is 19.1. The molecule has 2 heterocycles. The quantitative estimate of drug-likeness (QED) is 0.699. The maximum absolute atomic E-state index is 13.7. The number of nitrogen functional groups attached to an aromatic ring is 1. The molecule has 5 nitrogen and oxygen atoms in total.